The normalized spacial score (nSPS) is 25.2. The number of nitrogens with one attached hydrogen (secondary N) is 2. The Morgan fingerprint density at radius 3 is 2.48 bits per heavy atom. The second-order valence-electron chi connectivity index (χ2n) is 17.8. The van der Waals surface area contributed by atoms with Gasteiger partial charge in [0.1, 0.15) is 23.2 Å². The van der Waals surface area contributed by atoms with Gasteiger partial charge in [-0.2, -0.15) is 4.98 Å². The third-order valence-corrected chi connectivity index (χ3v) is 14.1. The van der Waals surface area contributed by atoms with Crippen LogP contribution in [0.2, 0.25) is 0 Å². The van der Waals surface area contributed by atoms with Gasteiger partial charge in [-0.1, -0.05) is 25.0 Å². The topological polar surface area (TPSA) is 149 Å². The van der Waals surface area contributed by atoms with E-state index in [1.54, 1.807) is 30.1 Å². The standard InChI is InChI=1S/C44H52N10O4/c1-50(2)42(58)36-20-30-24-46-43(49-39(30)54(36)31-6-3-4-7-31)47-37-12-10-29(23-45-37)28-14-17-51(18-15-28)25-27-21-44(22-27)16-19-53(44)34-9-5-8-32-33(34)26-52(41(32)57)35-11-13-38(55)48-40(35)56/h5,8-10,12,20,23-24,27-28,31,35H,3-4,6-7,11,13-19,21-22,25-26H2,1-2H3,(H,48,55,56)(H,45,46,47,49)/t27?,35-,44?/m0/s1. The Morgan fingerprint density at radius 1 is 0.966 bits per heavy atom. The van der Waals surface area contributed by atoms with Crippen LogP contribution in [0.5, 0.6) is 0 Å². The number of aromatic nitrogens is 4. The summed E-state index contributed by atoms with van der Waals surface area (Å²) in [5, 5.41) is 6.60. The van der Waals surface area contributed by atoms with Crippen molar-refractivity contribution in [1.29, 1.82) is 0 Å². The predicted octanol–water partition coefficient (Wildman–Crippen LogP) is 5.39. The summed E-state index contributed by atoms with van der Waals surface area (Å²) in [5.41, 5.74) is 5.73. The monoisotopic (exact) mass is 784 g/mol. The second kappa shape index (κ2) is 14.5. The molecule has 4 aromatic rings. The third kappa shape index (κ3) is 6.40. The Labute approximate surface area is 338 Å². The zero-order valence-corrected chi connectivity index (χ0v) is 33.5. The van der Waals surface area contributed by atoms with Crippen LogP contribution >= 0.6 is 0 Å². The van der Waals surface area contributed by atoms with E-state index in [0.717, 1.165) is 99.8 Å². The Bertz CT molecular complexity index is 2280. The number of benzene rings is 1. The first-order valence-electron chi connectivity index (χ1n) is 21.2. The van der Waals surface area contributed by atoms with Crippen LogP contribution in [0, 0.1) is 5.92 Å². The molecule has 2 aliphatic carbocycles. The summed E-state index contributed by atoms with van der Waals surface area (Å²) < 4.78 is 2.13. The number of rotatable bonds is 9. The summed E-state index contributed by atoms with van der Waals surface area (Å²) in [6.07, 6.45) is 14.6. The van der Waals surface area contributed by atoms with E-state index in [-0.39, 0.29) is 41.6 Å². The van der Waals surface area contributed by atoms with Gasteiger partial charge in [0.15, 0.2) is 0 Å². The van der Waals surface area contributed by atoms with Gasteiger partial charge in [-0.3, -0.25) is 24.5 Å². The predicted molar refractivity (Wildman–Crippen MR) is 219 cm³/mol. The quantitative estimate of drug-likeness (QED) is 0.212. The molecule has 0 unspecified atom stereocenters. The van der Waals surface area contributed by atoms with E-state index in [9.17, 15) is 19.2 Å². The van der Waals surface area contributed by atoms with Gasteiger partial charge in [0.25, 0.3) is 11.8 Å². The van der Waals surface area contributed by atoms with Crippen LogP contribution in [-0.4, -0.2) is 110 Å². The molecule has 10 rings (SSSR count). The van der Waals surface area contributed by atoms with Crippen molar-refractivity contribution in [3.8, 4) is 0 Å². The molecular weight excluding hydrogens is 733 g/mol. The second-order valence-corrected chi connectivity index (χ2v) is 17.8. The number of hydrogen-bond donors (Lipinski definition) is 2. The van der Waals surface area contributed by atoms with Gasteiger partial charge >= 0.3 is 0 Å². The van der Waals surface area contributed by atoms with E-state index >= 15 is 0 Å². The molecule has 1 aromatic carbocycles. The molecule has 1 atom stereocenters. The summed E-state index contributed by atoms with van der Waals surface area (Å²) in [6.45, 7) is 4.68. The highest BCUT2D eigenvalue weighted by Crippen LogP contribution is 2.54. The highest BCUT2D eigenvalue weighted by Gasteiger charge is 2.55. The van der Waals surface area contributed by atoms with E-state index in [2.05, 4.69) is 42.1 Å². The maximum absolute atomic E-state index is 13.4. The molecular formula is C44H52N10O4. The number of carbonyl (C=O) groups excluding carboxylic acids is 4. The lowest BCUT2D eigenvalue weighted by Crippen LogP contribution is -2.68. The first-order chi connectivity index (χ1) is 28.1. The van der Waals surface area contributed by atoms with Gasteiger partial charge in [-0.15, -0.1) is 0 Å². The molecule has 4 aliphatic heterocycles. The molecule has 7 heterocycles. The summed E-state index contributed by atoms with van der Waals surface area (Å²) >= 11 is 0. The molecule has 58 heavy (non-hydrogen) atoms. The van der Waals surface area contributed by atoms with Crippen molar-refractivity contribution in [1.82, 2.24) is 39.5 Å². The third-order valence-electron chi connectivity index (χ3n) is 14.1. The van der Waals surface area contributed by atoms with Gasteiger partial charge in [-0.05, 0) is 106 Å². The molecule has 3 saturated heterocycles. The van der Waals surface area contributed by atoms with Crippen molar-refractivity contribution < 1.29 is 19.2 Å². The van der Waals surface area contributed by atoms with Crippen molar-refractivity contribution in [3.05, 3.63) is 71.2 Å². The number of amides is 4. The molecule has 2 saturated carbocycles. The van der Waals surface area contributed by atoms with E-state index in [0.29, 0.717) is 47.8 Å². The zero-order chi connectivity index (χ0) is 39.7. The number of nitrogens with zero attached hydrogens (tertiary/aromatic N) is 8. The van der Waals surface area contributed by atoms with Crippen LogP contribution in [0.3, 0.4) is 0 Å². The lowest BCUT2D eigenvalue weighted by Gasteiger charge is -2.63. The number of hydrogen-bond acceptors (Lipinski definition) is 10. The van der Waals surface area contributed by atoms with E-state index < -0.39 is 6.04 Å². The minimum Gasteiger partial charge on any atom is -0.365 e. The summed E-state index contributed by atoms with van der Waals surface area (Å²) in [4.78, 5) is 73.6. The van der Waals surface area contributed by atoms with E-state index in [4.69, 9.17) is 9.97 Å². The van der Waals surface area contributed by atoms with Gasteiger partial charge in [0.05, 0.1) is 0 Å². The van der Waals surface area contributed by atoms with Crippen molar-refractivity contribution in [3.63, 3.8) is 0 Å². The lowest BCUT2D eigenvalue weighted by molar-refractivity contribution is -0.136. The number of anilines is 3. The van der Waals surface area contributed by atoms with E-state index in [1.165, 1.54) is 12.0 Å². The lowest BCUT2D eigenvalue weighted by atomic mass is 9.61. The molecule has 4 amide bonds. The SMILES string of the molecule is CN(C)C(=O)c1cc2cnc(Nc3ccc(C4CCN(CC5CC6(CCN6c6cccc7c6CN([C@H]6CCC(=O)NC6=O)C7=O)C5)CC4)cn3)nc2n1C1CCCC1. The summed E-state index contributed by atoms with van der Waals surface area (Å²) in [7, 11) is 3.57. The Morgan fingerprint density at radius 2 is 1.78 bits per heavy atom. The van der Waals surface area contributed by atoms with Gasteiger partial charge in [-0.25, -0.2) is 9.97 Å². The van der Waals surface area contributed by atoms with Crippen LogP contribution in [-0.2, 0) is 16.1 Å². The molecule has 14 heteroatoms. The molecule has 0 bridgehead atoms. The van der Waals surface area contributed by atoms with Gasteiger partial charge in [0, 0.05) is 86.3 Å². The van der Waals surface area contributed by atoms with Crippen LogP contribution in [0.4, 0.5) is 17.5 Å². The fourth-order valence-corrected chi connectivity index (χ4v) is 10.9. The minimum absolute atomic E-state index is 0.0187. The molecule has 14 nitrogen and oxygen atoms in total. The van der Waals surface area contributed by atoms with Crippen molar-refractivity contribution >= 4 is 52.1 Å². The van der Waals surface area contributed by atoms with Gasteiger partial charge < -0.3 is 29.5 Å². The van der Waals surface area contributed by atoms with E-state index in [1.807, 2.05) is 30.5 Å². The maximum Gasteiger partial charge on any atom is 0.270 e. The molecule has 5 fully saturated rings. The number of piperidine rings is 2. The first-order valence-corrected chi connectivity index (χ1v) is 21.2. The average molecular weight is 785 g/mol. The molecule has 302 valence electrons. The fourth-order valence-electron chi connectivity index (χ4n) is 10.9. The number of fused-ring (bicyclic) bond motifs is 2. The number of imide groups is 1. The molecule has 3 aromatic heterocycles. The molecule has 2 N–H and O–H groups in total. The number of likely N-dealkylation sites (tertiary alicyclic amines) is 1. The summed E-state index contributed by atoms with van der Waals surface area (Å²) in [5.74, 6) is 1.55. The molecule has 6 aliphatic rings. The minimum atomic E-state index is -0.597. The van der Waals surface area contributed by atoms with Crippen LogP contribution in [0.1, 0.15) is 115 Å². The zero-order valence-electron chi connectivity index (χ0n) is 33.5. The van der Waals surface area contributed by atoms with Crippen LogP contribution in [0.25, 0.3) is 11.0 Å². The van der Waals surface area contributed by atoms with Crippen molar-refractivity contribution in [2.45, 2.75) is 101 Å². The van der Waals surface area contributed by atoms with Crippen LogP contribution in [0.15, 0.2) is 48.8 Å². The van der Waals surface area contributed by atoms with Crippen molar-refractivity contribution in [2.75, 3.05) is 50.5 Å². The fraction of sp³-hybridized carbons (Fsp3) is 0.523. The maximum atomic E-state index is 13.4. The number of carbonyl (C=O) groups is 4. The highest BCUT2D eigenvalue weighted by molar-refractivity contribution is 6.06. The Kier molecular flexibility index (Phi) is 9.22. The first kappa shape index (κ1) is 36.9. The van der Waals surface area contributed by atoms with Gasteiger partial charge in [0.2, 0.25) is 17.8 Å². The van der Waals surface area contributed by atoms with Crippen molar-refractivity contribution in [2.24, 2.45) is 5.92 Å². The Hall–Kier alpha value is -5.37. The van der Waals surface area contributed by atoms with Crippen LogP contribution < -0.4 is 15.5 Å². The average Bonchev–Trinajstić information content (AvgIpc) is 3.94. The highest BCUT2D eigenvalue weighted by atomic mass is 16.2. The summed E-state index contributed by atoms with van der Waals surface area (Å²) in [6, 6.07) is 11.8. The largest absolute Gasteiger partial charge is 0.365 e. The molecule has 0 radical (unpaired) electrons. The smallest absolute Gasteiger partial charge is 0.270 e. The Balaban J connectivity index is 0.729. The molecule has 1 spiro atoms. The number of pyridine rings is 1.